The molecule has 3 aliphatic rings. The lowest BCUT2D eigenvalue weighted by molar-refractivity contribution is 0.00818. The number of aromatic nitrogens is 1. The van der Waals surface area contributed by atoms with Crippen molar-refractivity contribution in [3.8, 4) is 5.75 Å². The predicted molar refractivity (Wildman–Crippen MR) is 134 cm³/mol. The molecule has 34 heavy (non-hydrogen) atoms. The van der Waals surface area contributed by atoms with Crippen molar-refractivity contribution in [2.75, 3.05) is 49.6 Å². The number of hydrogen-bond donors (Lipinski definition) is 1. The predicted octanol–water partition coefficient (Wildman–Crippen LogP) is 5.21. The molecule has 4 heterocycles. The Bertz CT molecular complexity index is 1090. The number of carbonyl (C=O) groups is 1. The van der Waals surface area contributed by atoms with Crippen LogP contribution < -0.4 is 15.0 Å². The highest BCUT2D eigenvalue weighted by molar-refractivity contribution is 9.10. The molecule has 1 unspecified atom stereocenters. The Morgan fingerprint density at radius 2 is 1.97 bits per heavy atom. The summed E-state index contributed by atoms with van der Waals surface area (Å²) in [6.45, 7) is 12.1. The maximum atomic E-state index is 12.3. The first-order chi connectivity index (χ1) is 16.2. The number of nitrogens with zero attached hydrogens (tertiary/aromatic N) is 3. The average Bonchev–Trinajstić information content (AvgIpc) is 2.88. The van der Waals surface area contributed by atoms with Crippen LogP contribution in [0.5, 0.6) is 5.75 Å². The topological polar surface area (TPSA) is 76.2 Å². The summed E-state index contributed by atoms with van der Waals surface area (Å²) in [5.74, 6) is 1.82. The quantitative estimate of drug-likeness (QED) is 0.570. The van der Waals surface area contributed by atoms with E-state index in [2.05, 4.69) is 56.3 Å². The molecule has 9 heteroatoms. The lowest BCUT2D eigenvalue weighted by atomic mass is 9.91. The second kappa shape index (κ2) is 8.92. The van der Waals surface area contributed by atoms with Crippen molar-refractivity contribution in [2.24, 2.45) is 0 Å². The summed E-state index contributed by atoms with van der Waals surface area (Å²) in [4.78, 5) is 21.1. The molecular formula is C25H31BrN4O4. The fourth-order valence-corrected chi connectivity index (χ4v) is 5.21. The lowest BCUT2D eigenvalue weighted by Crippen LogP contribution is -2.50. The molecule has 0 radical (unpaired) electrons. The number of likely N-dealkylation sites (tertiary alicyclic amines) is 1. The van der Waals surface area contributed by atoms with E-state index in [9.17, 15) is 4.79 Å². The maximum Gasteiger partial charge on any atom is 0.410 e. The van der Waals surface area contributed by atoms with Gasteiger partial charge in [0.05, 0.1) is 28.9 Å². The zero-order chi connectivity index (χ0) is 24.0. The third-order valence-corrected chi connectivity index (χ3v) is 6.93. The van der Waals surface area contributed by atoms with E-state index < -0.39 is 5.60 Å². The highest BCUT2D eigenvalue weighted by Crippen LogP contribution is 2.47. The van der Waals surface area contributed by atoms with Crippen LogP contribution in [0, 0.1) is 0 Å². The number of fused-ring (bicyclic) bond motifs is 2. The van der Waals surface area contributed by atoms with Crippen LogP contribution in [0.3, 0.4) is 0 Å². The Labute approximate surface area is 208 Å². The third-order valence-electron chi connectivity index (χ3n) is 6.34. The van der Waals surface area contributed by atoms with Crippen molar-refractivity contribution in [3.05, 3.63) is 40.0 Å². The minimum atomic E-state index is -0.492. The van der Waals surface area contributed by atoms with Crippen molar-refractivity contribution in [3.63, 3.8) is 0 Å². The summed E-state index contributed by atoms with van der Waals surface area (Å²) in [6.07, 6.45) is 1.41. The number of carbonyl (C=O) groups excluding carboxylic acids is 1. The van der Waals surface area contributed by atoms with Crippen LogP contribution in [0.25, 0.3) is 0 Å². The maximum absolute atomic E-state index is 12.3. The second-order valence-corrected chi connectivity index (χ2v) is 10.9. The Morgan fingerprint density at radius 1 is 1.24 bits per heavy atom. The minimum Gasteiger partial charge on any atom is -0.482 e. The van der Waals surface area contributed by atoms with Crippen molar-refractivity contribution < 1.29 is 19.0 Å². The Hall–Kier alpha value is -2.52. The van der Waals surface area contributed by atoms with E-state index in [0.717, 1.165) is 64.8 Å². The van der Waals surface area contributed by atoms with E-state index >= 15 is 0 Å². The lowest BCUT2D eigenvalue weighted by Gasteiger charge is -2.40. The van der Waals surface area contributed by atoms with E-state index in [1.165, 1.54) is 0 Å². The molecule has 1 atom stereocenters. The molecule has 1 amide bonds. The normalized spacial score (nSPS) is 20.3. The molecule has 0 spiro atoms. The molecular weight excluding hydrogens is 500 g/mol. The van der Waals surface area contributed by atoms with Crippen LogP contribution in [0.15, 0.2) is 28.9 Å². The van der Waals surface area contributed by atoms with E-state index in [1.807, 2.05) is 27.0 Å². The summed E-state index contributed by atoms with van der Waals surface area (Å²) in [7, 11) is 0. The number of morpholine rings is 1. The standard InChI is InChI=1S/C25H31BrN4O4/c1-15-21-20(29-7-9-32-10-8-29)5-6-27-23(21)28-19-12-16(11-18(26)22(19)33-15)17-13-30(14-17)24(31)34-25(2,3)4/h5-6,11-12,15,17H,7-10,13-14H2,1-4H3,(H,27,28). The van der Waals surface area contributed by atoms with Gasteiger partial charge in [-0.1, -0.05) is 0 Å². The third kappa shape index (κ3) is 4.55. The molecule has 0 bridgehead atoms. The first-order valence-electron chi connectivity index (χ1n) is 11.8. The Kier molecular flexibility index (Phi) is 6.10. The van der Waals surface area contributed by atoms with Crippen LogP contribution >= 0.6 is 15.9 Å². The van der Waals surface area contributed by atoms with Gasteiger partial charge in [-0.2, -0.15) is 0 Å². The fraction of sp³-hybridized carbons (Fsp3) is 0.520. The van der Waals surface area contributed by atoms with Crippen LogP contribution in [0.2, 0.25) is 0 Å². The second-order valence-electron chi connectivity index (χ2n) is 10.0. The largest absolute Gasteiger partial charge is 0.482 e. The highest BCUT2D eigenvalue weighted by atomic mass is 79.9. The van der Waals surface area contributed by atoms with E-state index in [1.54, 1.807) is 4.90 Å². The summed E-state index contributed by atoms with van der Waals surface area (Å²) >= 11 is 3.72. The molecule has 1 aromatic carbocycles. The molecule has 2 saturated heterocycles. The van der Waals surface area contributed by atoms with Gasteiger partial charge < -0.3 is 29.3 Å². The van der Waals surface area contributed by atoms with Gasteiger partial charge in [-0.25, -0.2) is 9.78 Å². The zero-order valence-electron chi connectivity index (χ0n) is 20.1. The first-order valence-corrected chi connectivity index (χ1v) is 12.6. The first kappa shape index (κ1) is 23.2. The van der Waals surface area contributed by atoms with Gasteiger partial charge >= 0.3 is 6.09 Å². The van der Waals surface area contributed by atoms with E-state index in [-0.39, 0.29) is 18.1 Å². The minimum absolute atomic E-state index is 0.177. The van der Waals surface area contributed by atoms with Crippen molar-refractivity contribution in [1.29, 1.82) is 0 Å². The number of benzene rings is 1. The molecule has 0 aliphatic carbocycles. The molecule has 5 rings (SSSR count). The zero-order valence-corrected chi connectivity index (χ0v) is 21.6. The van der Waals surface area contributed by atoms with Gasteiger partial charge in [0.25, 0.3) is 0 Å². The molecule has 1 aromatic heterocycles. The van der Waals surface area contributed by atoms with Crippen LogP contribution in [-0.4, -0.2) is 61.0 Å². The SMILES string of the molecule is CC1Oc2c(Br)cc(C3CN(C(=O)OC(C)(C)C)C3)cc2Nc2nccc(N3CCOCC3)c21. The van der Waals surface area contributed by atoms with E-state index in [4.69, 9.17) is 14.2 Å². The summed E-state index contributed by atoms with van der Waals surface area (Å²) in [5, 5.41) is 3.53. The number of pyridine rings is 1. The van der Waals surface area contributed by atoms with Crippen LogP contribution in [-0.2, 0) is 9.47 Å². The van der Waals surface area contributed by atoms with Gasteiger partial charge in [0.1, 0.15) is 17.5 Å². The molecule has 182 valence electrons. The number of halogens is 1. The van der Waals surface area contributed by atoms with Crippen molar-refractivity contribution in [2.45, 2.75) is 45.3 Å². The molecule has 8 nitrogen and oxygen atoms in total. The smallest absolute Gasteiger partial charge is 0.410 e. The number of amides is 1. The Morgan fingerprint density at radius 3 is 2.68 bits per heavy atom. The fourth-order valence-electron chi connectivity index (χ4n) is 4.63. The van der Waals surface area contributed by atoms with Gasteiger partial charge in [-0.05, 0) is 67.4 Å². The van der Waals surface area contributed by atoms with Gasteiger partial charge in [0.15, 0.2) is 5.75 Å². The molecule has 0 saturated carbocycles. The molecule has 1 N–H and O–H groups in total. The molecule has 2 fully saturated rings. The van der Waals surface area contributed by atoms with Gasteiger partial charge in [-0.3, -0.25) is 0 Å². The number of hydrogen-bond acceptors (Lipinski definition) is 7. The number of nitrogens with one attached hydrogen (secondary N) is 1. The van der Waals surface area contributed by atoms with E-state index in [0.29, 0.717) is 13.1 Å². The van der Waals surface area contributed by atoms with Crippen LogP contribution in [0.4, 0.5) is 22.0 Å². The molecule has 3 aliphatic heterocycles. The van der Waals surface area contributed by atoms with Crippen molar-refractivity contribution in [1.82, 2.24) is 9.88 Å². The molecule has 2 aromatic rings. The average molecular weight is 531 g/mol. The van der Waals surface area contributed by atoms with Gasteiger partial charge in [-0.15, -0.1) is 0 Å². The van der Waals surface area contributed by atoms with Gasteiger partial charge in [0, 0.05) is 44.0 Å². The highest BCUT2D eigenvalue weighted by Gasteiger charge is 2.36. The summed E-state index contributed by atoms with van der Waals surface area (Å²) in [6, 6.07) is 6.26. The van der Waals surface area contributed by atoms with Crippen LogP contribution in [0.1, 0.15) is 50.8 Å². The summed E-state index contributed by atoms with van der Waals surface area (Å²) in [5.41, 5.74) is 3.70. The Balaban J connectivity index is 1.39. The number of rotatable bonds is 2. The van der Waals surface area contributed by atoms with Gasteiger partial charge in [0.2, 0.25) is 0 Å². The summed E-state index contributed by atoms with van der Waals surface area (Å²) < 4.78 is 18.4. The number of anilines is 3. The number of ether oxygens (including phenoxy) is 3. The monoisotopic (exact) mass is 530 g/mol. The van der Waals surface area contributed by atoms with Crippen molar-refractivity contribution >= 4 is 39.2 Å².